The van der Waals surface area contributed by atoms with Crippen molar-refractivity contribution in [3.8, 4) is 0 Å². The Hall–Kier alpha value is -0.0800. The van der Waals surface area contributed by atoms with Crippen LogP contribution in [-0.2, 0) is 0 Å². The summed E-state index contributed by atoms with van der Waals surface area (Å²) in [6.45, 7) is 2.14. The highest BCUT2D eigenvalue weighted by Gasteiger charge is 2.26. The maximum absolute atomic E-state index is 10.1. The van der Waals surface area contributed by atoms with Crippen LogP contribution in [0.2, 0.25) is 0 Å². The third kappa shape index (κ3) is 2.71. The lowest BCUT2D eigenvalue weighted by atomic mass is 9.83. The summed E-state index contributed by atoms with van der Waals surface area (Å²) in [4.78, 5) is 0. The van der Waals surface area contributed by atoms with Gasteiger partial charge in [0, 0.05) is 6.54 Å². The van der Waals surface area contributed by atoms with Crippen molar-refractivity contribution in [2.45, 2.75) is 51.0 Å². The molecule has 1 aliphatic carbocycles. The van der Waals surface area contributed by atoms with Gasteiger partial charge in [0.05, 0.1) is 6.10 Å². The highest BCUT2D eigenvalue weighted by Crippen LogP contribution is 2.29. The average Bonchev–Trinajstić information content (AvgIpc) is 2.72. The molecule has 0 aromatic rings. The molecule has 2 atom stereocenters. The van der Waals surface area contributed by atoms with Crippen LogP contribution in [0.4, 0.5) is 0 Å². The molecule has 0 amide bonds. The van der Waals surface area contributed by atoms with Crippen LogP contribution in [0, 0.1) is 11.8 Å². The van der Waals surface area contributed by atoms with Crippen molar-refractivity contribution >= 4 is 0 Å². The molecule has 1 saturated heterocycles. The normalized spacial score (nSPS) is 31.9. The second-order valence-electron chi connectivity index (χ2n) is 5.06. The van der Waals surface area contributed by atoms with Crippen molar-refractivity contribution in [1.82, 2.24) is 5.32 Å². The van der Waals surface area contributed by atoms with E-state index < -0.39 is 0 Å². The lowest BCUT2D eigenvalue weighted by Gasteiger charge is -2.26. The molecule has 1 heterocycles. The quantitative estimate of drug-likeness (QED) is 0.724. The Bertz CT molecular complexity index is 160. The lowest BCUT2D eigenvalue weighted by molar-refractivity contribution is 0.0820. The Morgan fingerprint density at radius 1 is 1.14 bits per heavy atom. The molecule has 2 aliphatic rings. The maximum atomic E-state index is 10.1. The second-order valence-corrected chi connectivity index (χ2v) is 5.06. The summed E-state index contributed by atoms with van der Waals surface area (Å²) in [5.74, 6) is 1.36. The van der Waals surface area contributed by atoms with E-state index in [0.29, 0.717) is 5.92 Å². The first kappa shape index (κ1) is 10.4. The smallest absolute Gasteiger partial charge is 0.0583 e. The number of aliphatic hydroxyl groups is 1. The first-order valence-electron chi connectivity index (χ1n) is 6.25. The van der Waals surface area contributed by atoms with E-state index in [1.165, 1.54) is 38.5 Å². The SMILES string of the molecule is OC(CC1CCCCC1)C1CCNC1. The summed E-state index contributed by atoms with van der Waals surface area (Å²) >= 11 is 0. The number of hydrogen-bond acceptors (Lipinski definition) is 2. The summed E-state index contributed by atoms with van der Waals surface area (Å²) in [5.41, 5.74) is 0. The summed E-state index contributed by atoms with van der Waals surface area (Å²) < 4.78 is 0. The molecule has 1 saturated carbocycles. The predicted molar refractivity (Wildman–Crippen MR) is 58.2 cm³/mol. The fraction of sp³-hybridized carbons (Fsp3) is 1.00. The maximum Gasteiger partial charge on any atom is 0.0583 e. The molecule has 1 aliphatic heterocycles. The van der Waals surface area contributed by atoms with Crippen molar-refractivity contribution in [3.05, 3.63) is 0 Å². The zero-order chi connectivity index (χ0) is 9.80. The van der Waals surface area contributed by atoms with E-state index in [-0.39, 0.29) is 6.10 Å². The van der Waals surface area contributed by atoms with Gasteiger partial charge in [0.1, 0.15) is 0 Å². The standard InChI is InChI=1S/C12H23NO/c14-12(11-6-7-13-9-11)8-10-4-2-1-3-5-10/h10-14H,1-9H2. The fourth-order valence-electron chi connectivity index (χ4n) is 2.96. The minimum absolute atomic E-state index is 0.0342. The van der Waals surface area contributed by atoms with E-state index in [2.05, 4.69) is 5.32 Å². The Kier molecular flexibility index (Phi) is 3.82. The predicted octanol–water partition coefficient (Wildman–Crippen LogP) is 1.93. The van der Waals surface area contributed by atoms with Gasteiger partial charge in [0.2, 0.25) is 0 Å². The van der Waals surface area contributed by atoms with Gasteiger partial charge >= 0.3 is 0 Å². The molecule has 2 heteroatoms. The Labute approximate surface area is 87.1 Å². The summed E-state index contributed by atoms with van der Waals surface area (Å²) in [7, 11) is 0. The van der Waals surface area contributed by atoms with Crippen LogP contribution in [-0.4, -0.2) is 24.3 Å². The van der Waals surface area contributed by atoms with Crippen molar-refractivity contribution in [2.24, 2.45) is 11.8 Å². The number of aliphatic hydroxyl groups excluding tert-OH is 1. The molecular weight excluding hydrogens is 174 g/mol. The Morgan fingerprint density at radius 3 is 2.57 bits per heavy atom. The average molecular weight is 197 g/mol. The van der Waals surface area contributed by atoms with Gasteiger partial charge in [-0.3, -0.25) is 0 Å². The highest BCUT2D eigenvalue weighted by atomic mass is 16.3. The van der Waals surface area contributed by atoms with Crippen LogP contribution < -0.4 is 5.32 Å². The van der Waals surface area contributed by atoms with Gasteiger partial charge < -0.3 is 10.4 Å². The summed E-state index contributed by atoms with van der Waals surface area (Å²) in [6, 6.07) is 0. The van der Waals surface area contributed by atoms with Crippen LogP contribution in [0.5, 0.6) is 0 Å². The monoisotopic (exact) mass is 197 g/mol. The van der Waals surface area contributed by atoms with E-state index in [1.807, 2.05) is 0 Å². The van der Waals surface area contributed by atoms with Crippen LogP contribution >= 0.6 is 0 Å². The molecule has 2 unspecified atom stereocenters. The first-order valence-corrected chi connectivity index (χ1v) is 6.25. The Balaban J connectivity index is 1.72. The van der Waals surface area contributed by atoms with Crippen LogP contribution in [0.25, 0.3) is 0 Å². The third-order valence-corrected chi connectivity index (χ3v) is 3.94. The van der Waals surface area contributed by atoms with E-state index in [1.54, 1.807) is 0 Å². The lowest BCUT2D eigenvalue weighted by Crippen LogP contribution is -2.26. The van der Waals surface area contributed by atoms with Gasteiger partial charge in [-0.25, -0.2) is 0 Å². The van der Waals surface area contributed by atoms with Gasteiger partial charge in [0.25, 0.3) is 0 Å². The van der Waals surface area contributed by atoms with Crippen LogP contribution in [0.15, 0.2) is 0 Å². The molecule has 0 bridgehead atoms. The van der Waals surface area contributed by atoms with Gasteiger partial charge in [0.15, 0.2) is 0 Å². The van der Waals surface area contributed by atoms with E-state index in [0.717, 1.165) is 25.4 Å². The minimum Gasteiger partial charge on any atom is -0.393 e. The molecule has 0 spiro atoms. The third-order valence-electron chi connectivity index (χ3n) is 3.94. The summed E-state index contributed by atoms with van der Waals surface area (Å²) in [6.07, 6.45) is 9.11. The second kappa shape index (κ2) is 5.13. The molecule has 0 radical (unpaired) electrons. The van der Waals surface area contributed by atoms with Gasteiger partial charge in [-0.15, -0.1) is 0 Å². The zero-order valence-corrected chi connectivity index (χ0v) is 9.04. The zero-order valence-electron chi connectivity index (χ0n) is 9.04. The van der Waals surface area contributed by atoms with Crippen molar-refractivity contribution in [2.75, 3.05) is 13.1 Å². The topological polar surface area (TPSA) is 32.3 Å². The molecular formula is C12H23NO. The van der Waals surface area contributed by atoms with Crippen LogP contribution in [0.3, 0.4) is 0 Å². The minimum atomic E-state index is -0.0342. The van der Waals surface area contributed by atoms with Crippen molar-refractivity contribution < 1.29 is 5.11 Å². The largest absolute Gasteiger partial charge is 0.393 e. The molecule has 82 valence electrons. The molecule has 14 heavy (non-hydrogen) atoms. The highest BCUT2D eigenvalue weighted by molar-refractivity contribution is 4.80. The molecule has 0 aromatic heterocycles. The summed E-state index contributed by atoms with van der Waals surface area (Å²) in [5, 5.41) is 13.4. The molecule has 2 nitrogen and oxygen atoms in total. The molecule has 0 aromatic carbocycles. The fourth-order valence-corrected chi connectivity index (χ4v) is 2.96. The van der Waals surface area contributed by atoms with Gasteiger partial charge in [-0.1, -0.05) is 32.1 Å². The molecule has 2 fully saturated rings. The van der Waals surface area contributed by atoms with E-state index >= 15 is 0 Å². The number of rotatable bonds is 3. The van der Waals surface area contributed by atoms with Gasteiger partial charge in [-0.2, -0.15) is 0 Å². The first-order chi connectivity index (χ1) is 6.86. The van der Waals surface area contributed by atoms with Crippen molar-refractivity contribution in [1.29, 1.82) is 0 Å². The Morgan fingerprint density at radius 2 is 1.93 bits per heavy atom. The number of hydrogen-bond donors (Lipinski definition) is 2. The molecule has 2 N–H and O–H groups in total. The van der Waals surface area contributed by atoms with E-state index in [9.17, 15) is 5.11 Å². The van der Waals surface area contributed by atoms with E-state index in [4.69, 9.17) is 0 Å². The molecule has 2 rings (SSSR count). The number of nitrogens with one attached hydrogen (secondary N) is 1. The van der Waals surface area contributed by atoms with Crippen LogP contribution in [0.1, 0.15) is 44.9 Å². The van der Waals surface area contributed by atoms with Crippen molar-refractivity contribution in [3.63, 3.8) is 0 Å². The van der Waals surface area contributed by atoms with Gasteiger partial charge in [-0.05, 0) is 31.2 Å².